The predicted molar refractivity (Wildman–Crippen MR) is 133 cm³/mol. The second-order valence-electron chi connectivity index (χ2n) is 8.46. The van der Waals surface area contributed by atoms with Gasteiger partial charge in [-0.2, -0.15) is 5.10 Å². The molecule has 1 aliphatic rings. The number of pyridine rings is 2. The fourth-order valence-electron chi connectivity index (χ4n) is 4.77. The molecule has 0 saturated carbocycles. The molecule has 0 amide bonds. The van der Waals surface area contributed by atoms with Gasteiger partial charge in [-0.25, -0.2) is 9.97 Å². The molecule has 4 aromatic heterocycles. The molecule has 34 heavy (non-hydrogen) atoms. The number of aromatic amines is 2. The topological polar surface area (TPSA) is 95.6 Å². The van der Waals surface area contributed by atoms with Crippen LogP contribution in [-0.4, -0.2) is 56.4 Å². The molecule has 2 N–H and O–H groups in total. The normalized spacial score (nSPS) is 14.4. The average Bonchev–Trinajstić information content (AvgIpc) is 3.52. The Bertz CT molecular complexity index is 1660. The van der Waals surface area contributed by atoms with Gasteiger partial charge in [-0.05, 0) is 23.6 Å². The minimum atomic E-state index is 0.654. The van der Waals surface area contributed by atoms with Crippen molar-refractivity contribution in [2.24, 2.45) is 0 Å². The maximum atomic E-state index is 5.53. The van der Waals surface area contributed by atoms with E-state index in [-0.39, 0.29) is 0 Å². The molecule has 1 aliphatic heterocycles. The van der Waals surface area contributed by atoms with Gasteiger partial charge in [0.1, 0.15) is 11.2 Å². The van der Waals surface area contributed by atoms with Crippen molar-refractivity contribution in [3.8, 4) is 22.6 Å². The van der Waals surface area contributed by atoms with Crippen LogP contribution in [0.3, 0.4) is 0 Å². The van der Waals surface area contributed by atoms with Crippen molar-refractivity contribution >= 4 is 38.5 Å². The monoisotopic (exact) mass is 447 g/mol. The number of aromatic nitrogens is 6. The lowest BCUT2D eigenvalue weighted by atomic mass is 10.0. The lowest BCUT2D eigenvalue weighted by molar-refractivity contribution is 0.123. The maximum Gasteiger partial charge on any atom is 0.181 e. The number of para-hydroxylation sites is 1. The van der Waals surface area contributed by atoms with E-state index in [1.165, 1.54) is 0 Å². The van der Waals surface area contributed by atoms with Gasteiger partial charge in [0.15, 0.2) is 11.5 Å². The van der Waals surface area contributed by atoms with E-state index < -0.39 is 0 Å². The van der Waals surface area contributed by atoms with Crippen molar-refractivity contribution in [2.45, 2.75) is 0 Å². The fraction of sp³-hybridized carbons (Fsp3) is 0.154. The summed E-state index contributed by atoms with van der Waals surface area (Å²) >= 11 is 0. The Morgan fingerprint density at radius 1 is 0.912 bits per heavy atom. The number of anilines is 1. The Hall–Kier alpha value is -4.30. The zero-order valence-corrected chi connectivity index (χ0v) is 18.3. The Kier molecular flexibility index (Phi) is 4.31. The summed E-state index contributed by atoms with van der Waals surface area (Å²) in [5.74, 6) is 0.744. The molecule has 5 heterocycles. The van der Waals surface area contributed by atoms with E-state index >= 15 is 0 Å². The summed E-state index contributed by atoms with van der Waals surface area (Å²) in [6.07, 6.45) is 5.63. The number of hydrogen-bond donors (Lipinski definition) is 2. The second kappa shape index (κ2) is 7.64. The summed E-state index contributed by atoms with van der Waals surface area (Å²) in [6.45, 7) is 3.19. The first-order chi connectivity index (χ1) is 16.8. The Balaban J connectivity index is 1.36. The first kappa shape index (κ1) is 19.2. The first-order valence-corrected chi connectivity index (χ1v) is 11.3. The van der Waals surface area contributed by atoms with Crippen LogP contribution in [0.15, 0.2) is 67.1 Å². The second-order valence-corrected chi connectivity index (χ2v) is 8.46. The van der Waals surface area contributed by atoms with Crippen LogP contribution in [0.1, 0.15) is 0 Å². The number of nitrogens with zero attached hydrogens (tertiary/aromatic N) is 5. The molecular weight excluding hydrogens is 426 g/mol. The summed E-state index contributed by atoms with van der Waals surface area (Å²) in [6, 6.07) is 16.6. The largest absolute Gasteiger partial charge is 0.378 e. The Morgan fingerprint density at radius 2 is 1.82 bits per heavy atom. The number of ether oxygens (including phenoxy) is 1. The molecule has 6 aromatic rings. The number of H-pyrrole nitrogens is 2. The molecule has 0 unspecified atom stereocenters. The lowest BCUT2D eigenvalue weighted by Gasteiger charge is -2.28. The molecule has 0 spiro atoms. The third kappa shape index (κ3) is 3.03. The lowest BCUT2D eigenvalue weighted by Crippen LogP contribution is -2.36. The highest BCUT2D eigenvalue weighted by molar-refractivity contribution is 6.00. The smallest absolute Gasteiger partial charge is 0.181 e. The summed E-state index contributed by atoms with van der Waals surface area (Å²) in [5, 5.41) is 10.7. The fourth-order valence-corrected chi connectivity index (χ4v) is 4.77. The standard InChI is InChI=1S/C26H21N7O/c1-2-5-18-16(4-1)13-27-15-20(18)17-12-19-23(31-32-25(19)28-14-17)26-29-21-6-3-7-22(24(21)30-26)33-8-10-34-11-9-33/h1-7,12-15H,8-11H2,(H,29,30)(H,28,31,32). The zero-order valence-electron chi connectivity index (χ0n) is 18.3. The van der Waals surface area contributed by atoms with Crippen LogP contribution in [0, 0.1) is 0 Å². The number of benzene rings is 2. The van der Waals surface area contributed by atoms with Crippen LogP contribution >= 0.6 is 0 Å². The van der Waals surface area contributed by atoms with Crippen molar-refractivity contribution < 1.29 is 4.74 Å². The first-order valence-electron chi connectivity index (χ1n) is 11.3. The van der Waals surface area contributed by atoms with Crippen molar-refractivity contribution in [2.75, 3.05) is 31.2 Å². The van der Waals surface area contributed by atoms with Crippen LogP contribution in [0.25, 0.3) is 55.5 Å². The molecule has 1 fully saturated rings. The van der Waals surface area contributed by atoms with Gasteiger partial charge in [-0.15, -0.1) is 0 Å². The number of fused-ring (bicyclic) bond motifs is 3. The van der Waals surface area contributed by atoms with E-state index in [0.29, 0.717) is 5.65 Å². The van der Waals surface area contributed by atoms with Crippen LogP contribution in [0.5, 0.6) is 0 Å². The molecular formula is C26H21N7O. The van der Waals surface area contributed by atoms with Gasteiger partial charge < -0.3 is 14.6 Å². The highest BCUT2D eigenvalue weighted by Crippen LogP contribution is 2.33. The summed E-state index contributed by atoms with van der Waals surface area (Å²) in [7, 11) is 0. The van der Waals surface area contributed by atoms with Crippen molar-refractivity contribution in [1.82, 2.24) is 30.1 Å². The number of hydrogen-bond acceptors (Lipinski definition) is 6. The summed E-state index contributed by atoms with van der Waals surface area (Å²) in [4.78, 5) is 19.8. The Morgan fingerprint density at radius 3 is 2.76 bits per heavy atom. The van der Waals surface area contributed by atoms with E-state index in [9.17, 15) is 0 Å². The van der Waals surface area contributed by atoms with E-state index in [2.05, 4.69) is 66.4 Å². The van der Waals surface area contributed by atoms with Gasteiger partial charge in [0.2, 0.25) is 0 Å². The molecule has 8 heteroatoms. The highest BCUT2D eigenvalue weighted by atomic mass is 16.5. The van der Waals surface area contributed by atoms with Crippen LogP contribution in [0.2, 0.25) is 0 Å². The maximum absolute atomic E-state index is 5.53. The minimum absolute atomic E-state index is 0.654. The summed E-state index contributed by atoms with van der Waals surface area (Å²) < 4.78 is 5.53. The molecule has 0 bridgehead atoms. The van der Waals surface area contributed by atoms with Gasteiger partial charge in [-0.1, -0.05) is 30.3 Å². The van der Waals surface area contributed by atoms with Gasteiger partial charge in [-0.3, -0.25) is 10.1 Å². The number of imidazole rings is 1. The number of rotatable bonds is 3. The molecule has 2 aromatic carbocycles. The van der Waals surface area contributed by atoms with E-state index in [1.807, 2.05) is 30.7 Å². The van der Waals surface area contributed by atoms with Gasteiger partial charge in [0.25, 0.3) is 0 Å². The van der Waals surface area contributed by atoms with Crippen LogP contribution < -0.4 is 4.90 Å². The van der Waals surface area contributed by atoms with E-state index in [4.69, 9.17) is 9.72 Å². The number of nitrogens with one attached hydrogen (secondary N) is 2. The van der Waals surface area contributed by atoms with Crippen LogP contribution in [-0.2, 0) is 4.74 Å². The molecule has 0 atom stereocenters. The third-order valence-electron chi connectivity index (χ3n) is 6.47. The molecule has 7 rings (SSSR count). The van der Waals surface area contributed by atoms with Gasteiger partial charge in [0.05, 0.1) is 29.8 Å². The quantitative estimate of drug-likeness (QED) is 0.413. The van der Waals surface area contributed by atoms with Crippen LogP contribution in [0.4, 0.5) is 5.69 Å². The molecule has 166 valence electrons. The van der Waals surface area contributed by atoms with Gasteiger partial charge >= 0.3 is 0 Å². The summed E-state index contributed by atoms with van der Waals surface area (Å²) in [5.41, 5.74) is 6.56. The Labute approximate surface area is 194 Å². The average molecular weight is 448 g/mol. The molecule has 0 aliphatic carbocycles. The molecule has 0 radical (unpaired) electrons. The number of morpholine rings is 1. The van der Waals surface area contributed by atoms with E-state index in [1.54, 1.807) is 0 Å². The van der Waals surface area contributed by atoms with E-state index in [0.717, 1.165) is 81.8 Å². The minimum Gasteiger partial charge on any atom is -0.378 e. The van der Waals surface area contributed by atoms with Gasteiger partial charge in [0, 0.05) is 48.2 Å². The highest BCUT2D eigenvalue weighted by Gasteiger charge is 2.19. The van der Waals surface area contributed by atoms with Crippen molar-refractivity contribution in [3.05, 3.63) is 67.1 Å². The molecule has 8 nitrogen and oxygen atoms in total. The SMILES string of the molecule is c1ccc2c(-c3cnc4n[nH]c(-c5nc6c(N7CCOCC7)cccc6[nH]5)c4c3)cncc2c1. The third-order valence-corrected chi connectivity index (χ3v) is 6.47. The zero-order chi connectivity index (χ0) is 22.5. The molecule has 1 saturated heterocycles. The van der Waals surface area contributed by atoms with Crippen molar-refractivity contribution in [1.29, 1.82) is 0 Å². The predicted octanol–water partition coefficient (Wildman–Crippen LogP) is 4.55. The van der Waals surface area contributed by atoms with Crippen molar-refractivity contribution in [3.63, 3.8) is 0 Å².